The Morgan fingerprint density at radius 2 is 1.50 bits per heavy atom. The van der Waals surface area contributed by atoms with Crippen LogP contribution in [0.25, 0.3) is 10.6 Å². The van der Waals surface area contributed by atoms with E-state index in [1.54, 1.807) is 36.4 Å². The molecule has 5 heteroatoms. The minimum atomic E-state index is -0.343. The molecule has 0 fully saturated rings. The van der Waals surface area contributed by atoms with E-state index < -0.39 is 0 Å². The minimum Gasteiger partial charge on any atom is -0.288 e. The van der Waals surface area contributed by atoms with Gasteiger partial charge in [-0.3, -0.25) is 9.59 Å². The third-order valence-corrected chi connectivity index (χ3v) is 4.66. The fourth-order valence-electron chi connectivity index (χ4n) is 2.47. The van der Waals surface area contributed by atoms with Gasteiger partial charge in [-0.1, -0.05) is 24.3 Å². The summed E-state index contributed by atoms with van der Waals surface area (Å²) in [6, 6.07) is 12.6. The molecule has 1 aliphatic rings. The normalized spacial score (nSPS) is 13.0. The highest BCUT2D eigenvalue weighted by atomic mass is 32.1. The predicted molar refractivity (Wildman–Crippen MR) is 80.8 cm³/mol. The number of hydrogen-bond acceptors (Lipinski definition) is 4. The molecule has 0 radical (unpaired) electrons. The van der Waals surface area contributed by atoms with Crippen LogP contribution in [-0.2, 0) is 0 Å². The molecule has 2 aromatic carbocycles. The standard InChI is InChI=1S/C17H8FNO2S/c18-10-7-5-9(6-8-10)17-19-13-14(20)11-3-1-2-4-12(11)15(21)16(13)22-17/h1-8H. The second kappa shape index (κ2) is 4.68. The molecule has 22 heavy (non-hydrogen) atoms. The average molecular weight is 309 g/mol. The van der Waals surface area contributed by atoms with Crippen LogP contribution in [-0.4, -0.2) is 16.6 Å². The molecular formula is C17H8FNO2S. The average Bonchev–Trinajstić information content (AvgIpc) is 2.99. The molecule has 0 spiro atoms. The molecule has 0 aliphatic heterocycles. The van der Waals surface area contributed by atoms with E-state index in [-0.39, 0.29) is 23.1 Å². The van der Waals surface area contributed by atoms with Crippen molar-refractivity contribution in [1.82, 2.24) is 4.98 Å². The smallest absolute Gasteiger partial charge is 0.213 e. The summed E-state index contributed by atoms with van der Waals surface area (Å²) in [5, 5.41) is 0.541. The van der Waals surface area contributed by atoms with Gasteiger partial charge < -0.3 is 0 Å². The Labute approximate surface area is 129 Å². The number of carbonyl (C=O) groups is 2. The molecule has 0 bridgehead atoms. The Bertz CT molecular complexity index is 876. The van der Waals surface area contributed by atoms with Crippen molar-refractivity contribution in [2.24, 2.45) is 0 Å². The van der Waals surface area contributed by atoms with E-state index in [0.717, 1.165) is 0 Å². The number of ketones is 2. The maximum absolute atomic E-state index is 13.0. The van der Waals surface area contributed by atoms with Crippen molar-refractivity contribution >= 4 is 22.9 Å². The Morgan fingerprint density at radius 1 is 0.864 bits per heavy atom. The highest BCUT2D eigenvalue weighted by Gasteiger charge is 2.33. The Morgan fingerprint density at radius 3 is 2.18 bits per heavy atom. The SMILES string of the molecule is O=C1c2ccccc2C(=O)c2sc(-c3ccc(F)cc3)nc21. The van der Waals surface area contributed by atoms with Gasteiger partial charge in [-0.25, -0.2) is 9.37 Å². The fraction of sp³-hybridized carbons (Fsp3) is 0. The first-order chi connectivity index (χ1) is 10.6. The molecule has 1 heterocycles. The van der Waals surface area contributed by atoms with E-state index >= 15 is 0 Å². The molecular weight excluding hydrogens is 301 g/mol. The van der Waals surface area contributed by atoms with Gasteiger partial charge in [0.1, 0.15) is 21.4 Å². The zero-order valence-corrected chi connectivity index (χ0v) is 12.0. The van der Waals surface area contributed by atoms with E-state index in [4.69, 9.17) is 0 Å². The summed E-state index contributed by atoms with van der Waals surface area (Å²) in [7, 11) is 0. The number of thiazole rings is 1. The predicted octanol–water partition coefficient (Wildman–Crippen LogP) is 3.72. The number of fused-ring (bicyclic) bond motifs is 2. The lowest BCUT2D eigenvalue weighted by Gasteiger charge is -2.11. The van der Waals surface area contributed by atoms with Crippen LogP contribution in [0.5, 0.6) is 0 Å². The minimum absolute atomic E-state index is 0.184. The van der Waals surface area contributed by atoms with Crippen molar-refractivity contribution in [2.75, 3.05) is 0 Å². The summed E-state index contributed by atoms with van der Waals surface area (Å²) in [4.78, 5) is 29.7. The van der Waals surface area contributed by atoms with Crippen molar-refractivity contribution in [3.8, 4) is 10.6 Å². The Kier molecular flexibility index (Phi) is 2.77. The summed E-state index contributed by atoms with van der Waals surface area (Å²) in [5.74, 6) is -0.768. The largest absolute Gasteiger partial charge is 0.288 e. The van der Waals surface area contributed by atoms with Gasteiger partial charge in [0, 0.05) is 16.7 Å². The van der Waals surface area contributed by atoms with E-state index in [0.29, 0.717) is 26.6 Å². The fourth-order valence-corrected chi connectivity index (χ4v) is 3.49. The number of aromatic nitrogens is 1. The number of hydrogen-bond donors (Lipinski definition) is 0. The van der Waals surface area contributed by atoms with Crippen molar-refractivity contribution in [3.63, 3.8) is 0 Å². The van der Waals surface area contributed by atoms with Gasteiger partial charge in [0.15, 0.2) is 0 Å². The van der Waals surface area contributed by atoms with Gasteiger partial charge in [0.2, 0.25) is 11.6 Å². The van der Waals surface area contributed by atoms with E-state index in [2.05, 4.69) is 4.98 Å². The summed E-state index contributed by atoms with van der Waals surface area (Å²) < 4.78 is 13.0. The van der Waals surface area contributed by atoms with Crippen LogP contribution in [0, 0.1) is 5.82 Å². The molecule has 106 valence electrons. The molecule has 0 unspecified atom stereocenters. The van der Waals surface area contributed by atoms with Crippen molar-refractivity contribution < 1.29 is 14.0 Å². The molecule has 0 amide bonds. The first kappa shape index (κ1) is 13.0. The lowest BCUT2D eigenvalue weighted by Crippen LogP contribution is -2.19. The summed E-state index contributed by atoms with van der Waals surface area (Å²) in [5.41, 5.74) is 1.67. The van der Waals surface area contributed by atoms with Crippen LogP contribution in [0.2, 0.25) is 0 Å². The van der Waals surface area contributed by atoms with Crippen LogP contribution in [0.3, 0.4) is 0 Å². The molecule has 3 nitrogen and oxygen atoms in total. The van der Waals surface area contributed by atoms with Crippen LogP contribution in [0.1, 0.15) is 31.3 Å². The molecule has 0 N–H and O–H groups in total. The lowest BCUT2D eigenvalue weighted by atomic mass is 9.91. The van der Waals surface area contributed by atoms with E-state index in [1.807, 2.05) is 0 Å². The molecule has 0 atom stereocenters. The van der Waals surface area contributed by atoms with Crippen molar-refractivity contribution in [1.29, 1.82) is 0 Å². The van der Waals surface area contributed by atoms with Gasteiger partial charge in [0.05, 0.1) is 0 Å². The monoisotopic (exact) mass is 309 g/mol. The summed E-state index contributed by atoms with van der Waals surface area (Å²) in [6.07, 6.45) is 0. The van der Waals surface area contributed by atoms with Crippen LogP contribution < -0.4 is 0 Å². The summed E-state index contributed by atoms with van der Waals surface area (Å²) in [6.45, 7) is 0. The molecule has 0 saturated carbocycles. The molecule has 1 aliphatic carbocycles. The van der Waals surface area contributed by atoms with Crippen molar-refractivity contribution in [2.45, 2.75) is 0 Å². The first-order valence-corrected chi connectivity index (χ1v) is 7.42. The van der Waals surface area contributed by atoms with Crippen LogP contribution >= 0.6 is 11.3 Å². The first-order valence-electron chi connectivity index (χ1n) is 6.60. The molecule has 4 rings (SSSR count). The highest BCUT2D eigenvalue weighted by molar-refractivity contribution is 7.17. The Hall–Kier alpha value is -2.66. The Balaban J connectivity index is 1.88. The van der Waals surface area contributed by atoms with Crippen LogP contribution in [0.15, 0.2) is 48.5 Å². The van der Waals surface area contributed by atoms with Crippen LogP contribution in [0.4, 0.5) is 4.39 Å². The van der Waals surface area contributed by atoms with Gasteiger partial charge in [0.25, 0.3) is 0 Å². The second-order valence-corrected chi connectivity index (χ2v) is 5.91. The van der Waals surface area contributed by atoms with E-state index in [1.165, 1.54) is 23.5 Å². The maximum Gasteiger partial charge on any atom is 0.213 e. The quantitative estimate of drug-likeness (QED) is 0.538. The zero-order chi connectivity index (χ0) is 15.3. The van der Waals surface area contributed by atoms with Gasteiger partial charge in [-0.2, -0.15) is 0 Å². The third kappa shape index (κ3) is 1.83. The third-order valence-electron chi connectivity index (χ3n) is 3.56. The zero-order valence-electron chi connectivity index (χ0n) is 11.2. The number of benzene rings is 2. The molecule has 1 aromatic heterocycles. The topological polar surface area (TPSA) is 47.0 Å². The van der Waals surface area contributed by atoms with Gasteiger partial charge >= 0.3 is 0 Å². The number of nitrogens with zero attached hydrogens (tertiary/aromatic N) is 1. The highest BCUT2D eigenvalue weighted by Crippen LogP contribution is 2.35. The number of rotatable bonds is 1. The maximum atomic E-state index is 13.0. The molecule has 3 aromatic rings. The summed E-state index contributed by atoms with van der Waals surface area (Å²) >= 11 is 1.17. The van der Waals surface area contributed by atoms with Gasteiger partial charge in [-0.15, -0.1) is 11.3 Å². The molecule has 0 saturated heterocycles. The van der Waals surface area contributed by atoms with E-state index in [9.17, 15) is 14.0 Å². The second-order valence-electron chi connectivity index (χ2n) is 4.91. The number of halogens is 1. The van der Waals surface area contributed by atoms with Gasteiger partial charge in [-0.05, 0) is 24.3 Å². The lowest BCUT2D eigenvalue weighted by molar-refractivity contribution is 0.0979. The van der Waals surface area contributed by atoms with Crippen molar-refractivity contribution in [3.05, 3.63) is 76.0 Å². The number of carbonyl (C=O) groups excluding carboxylic acids is 2.